The van der Waals surface area contributed by atoms with E-state index in [2.05, 4.69) is 10.4 Å². The molecule has 1 aromatic carbocycles. The maximum atomic E-state index is 13.7. The molecule has 0 radical (unpaired) electrons. The van der Waals surface area contributed by atoms with Crippen LogP contribution in [-0.2, 0) is 13.5 Å². The molecule has 18 heavy (non-hydrogen) atoms. The molecule has 0 saturated carbocycles. The number of hydrogen-bond donors (Lipinski definition) is 2. The average molecular weight is 269 g/mol. The standard InChI is InChI=1S/C12H14ClFN4/c1-18-7-16-6-12(18)11(17-15)5-8-4-9(13)2-3-10(8)14/h2-4,6-7,11,17H,5,15H2,1H3. The van der Waals surface area contributed by atoms with Gasteiger partial charge in [-0.1, -0.05) is 11.6 Å². The van der Waals surface area contributed by atoms with Gasteiger partial charge in [-0.2, -0.15) is 0 Å². The summed E-state index contributed by atoms with van der Waals surface area (Å²) in [5.74, 6) is 5.23. The highest BCUT2D eigenvalue weighted by Gasteiger charge is 2.16. The topological polar surface area (TPSA) is 55.9 Å². The van der Waals surface area contributed by atoms with Crippen molar-refractivity contribution in [3.63, 3.8) is 0 Å². The van der Waals surface area contributed by atoms with Crippen LogP contribution in [-0.4, -0.2) is 9.55 Å². The first-order chi connectivity index (χ1) is 8.61. The summed E-state index contributed by atoms with van der Waals surface area (Å²) in [4.78, 5) is 4.02. The van der Waals surface area contributed by atoms with Gasteiger partial charge in [-0.3, -0.25) is 11.3 Å². The highest BCUT2D eigenvalue weighted by molar-refractivity contribution is 6.30. The second kappa shape index (κ2) is 5.48. The number of nitrogens with two attached hydrogens (primary N) is 1. The van der Waals surface area contributed by atoms with E-state index in [0.717, 1.165) is 5.69 Å². The van der Waals surface area contributed by atoms with Gasteiger partial charge in [-0.25, -0.2) is 9.37 Å². The first kappa shape index (κ1) is 13.0. The second-order valence-corrected chi connectivity index (χ2v) is 4.52. The Labute approximate surface area is 110 Å². The third kappa shape index (κ3) is 2.69. The van der Waals surface area contributed by atoms with Crippen molar-refractivity contribution in [1.29, 1.82) is 0 Å². The second-order valence-electron chi connectivity index (χ2n) is 4.09. The largest absolute Gasteiger partial charge is 0.336 e. The molecule has 3 N–H and O–H groups in total. The molecular formula is C12H14ClFN4. The molecule has 96 valence electrons. The van der Waals surface area contributed by atoms with Gasteiger partial charge in [0.2, 0.25) is 0 Å². The zero-order valence-corrected chi connectivity index (χ0v) is 10.7. The van der Waals surface area contributed by atoms with E-state index in [1.54, 1.807) is 18.6 Å². The van der Waals surface area contributed by atoms with E-state index < -0.39 is 0 Å². The number of hydrogen-bond acceptors (Lipinski definition) is 3. The number of nitrogens with one attached hydrogen (secondary N) is 1. The van der Waals surface area contributed by atoms with Crippen LogP contribution in [0.4, 0.5) is 4.39 Å². The molecule has 1 unspecified atom stereocenters. The summed E-state index contributed by atoms with van der Waals surface area (Å²) < 4.78 is 15.5. The third-order valence-corrected chi connectivity index (χ3v) is 3.08. The first-order valence-electron chi connectivity index (χ1n) is 5.48. The highest BCUT2D eigenvalue weighted by Crippen LogP contribution is 2.21. The van der Waals surface area contributed by atoms with Crippen molar-refractivity contribution < 1.29 is 4.39 Å². The molecule has 2 aromatic rings. The molecule has 0 fully saturated rings. The Kier molecular flexibility index (Phi) is 3.96. The SMILES string of the molecule is Cn1cncc1C(Cc1cc(Cl)ccc1F)NN. The Bertz CT molecular complexity index is 541. The quantitative estimate of drug-likeness (QED) is 0.658. The van der Waals surface area contributed by atoms with Gasteiger partial charge in [-0.05, 0) is 30.2 Å². The number of imidazole rings is 1. The van der Waals surface area contributed by atoms with Crippen molar-refractivity contribution in [3.8, 4) is 0 Å². The molecule has 0 aliphatic carbocycles. The van der Waals surface area contributed by atoms with E-state index in [-0.39, 0.29) is 11.9 Å². The molecule has 4 nitrogen and oxygen atoms in total. The minimum absolute atomic E-state index is 0.217. The summed E-state index contributed by atoms with van der Waals surface area (Å²) in [6, 6.07) is 4.27. The summed E-state index contributed by atoms with van der Waals surface area (Å²) in [6.45, 7) is 0. The Balaban J connectivity index is 2.26. The van der Waals surface area contributed by atoms with Gasteiger partial charge >= 0.3 is 0 Å². The lowest BCUT2D eigenvalue weighted by Crippen LogP contribution is -2.31. The predicted octanol–water partition coefficient (Wildman–Crippen LogP) is 1.96. The van der Waals surface area contributed by atoms with Crippen molar-refractivity contribution in [2.24, 2.45) is 12.9 Å². The number of nitrogens with zero attached hydrogens (tertiary/aromatic N) is 2. The first-order valence-corrected chi connectivity index (χ1v) is 5.86. The lowest BCUT2D eigenvalue weighted by atomic mass is 10.0. The molecule has 0 spiro atoms. The number of aromatic nitrogens is 2. The van der Waals surface area contributed by atoms with Crippen LogP contribution in [0.2, 0.25) is 5.02 Å². The molecule has 1 atom stereocenters. The summed E-state index contributed by atoms with van der Waals surface area (Å²) in [5.41, 5.74) is 4.08. The van der Waals surface area contributed by atoms with Crippen molar-refractivity contribution >= 4 is 11.6 Å². The number of aryl methyl sites for hydroxylation is 1. The minimum Gasteiger partial charge on any atom is -0.336 e. The zero-order chi connectivity index (χ0) is 13.1. The van der Waals surface area contributed by atoms with Crippen molar-refractivity contribution in [1.82, 2.24) is 15.0 Å². The number of rotatable bonds is 4. The smallest absolute Gasteiger partial charge is 0.126 e. The van der Waals surface area contributed by atoms with Gasteiger partial charge in [0.15, 0.2) is 0 Å². The number of hydrazine groups is 1. The number of benzene rings is 1. The molecule has 0 amide bonds. The van der Waals surface area contributed by atoms with E-state index in [9.17, 15) is 4.39 Å². The fraction of sp³-hybridized carbons (Fsp3) is 0.250. The van der Waals surface area contributed by atoms with E-state index in [0.29, 0.717) is 17.0 Å². The predicted molar refractivity (Wildman–Crippen MR) is 68.4 cm³/mol. The molecule has 0 bridgehead atoms. The van der Waals surface area contributed by atoms with E-state index in [1.807, 2.05) is 11.6 Å². The van der Waals surface area contributed by atoms with E-state index in [4.69, 9.17) is 17.4 Å². The lowest BCUT2D eigenvalue weighted by molar-refractivity contribution is 0.506. The van der Waals surface area contributed by atoms with Crippen LogP contribution in [0.25, 0.3) is 0 Å². The van der Waals surface area contributed by atoms with Crippen LogP contribution in [0.3, 0.4) is 0 Å². The van der Waals surface area contributed by atoms with Gasteiger partial charge in [0.05, 0.1) is 18.1 Å². The molecular weight excluding hydrogens is 255 g/mol. The normalized spacial score (nSPS) is 12.7. The maximum Gasteiger partial charge on any atom is 0.126 e. The van der Waals surface area contributed by atoms with Crippen LogP contribution in [0.15, 0.2) is 30.7 Å². The van der Waals surface area contributed by atoms with E-state index >= 15 is 0 Å². The van der Waals surface area contributed by atoms with Gasteiger partial charge in [0.25, 0.3) is 0 Å². The molecule has 0 aliphatic heterocycles. The molecule has 0 saturated heterocycles. The minimum atomic E-state index is -0.290. The Morgan fingerprint density at radius 2 is 2.33 bits per heavy atom. The van der Waals surface area contributed by atoms with Crippen molar-refractivity contribution in [2.75, 3.05) is 0 Å². The average Bonchev–Trinajstić information content (AvgIpc) is 2.77. The summed E-state index contributed by atoms with van der Waals surface area (Å²) >= 11 is 5.86. The van der Waals surface area contributed by atoms with Crippen LogP contribution < -0.4 is 11.3 Å². The fourth-order valence-corrected chi connectivity index (χ4v) is 2.07. The maximum absolute atomic E-state index is 13.7. The molecule has 6 heteroatoms. The molecule has 1 heterocycles. The van der Waals surface area contributed by atoms with Crippen LogP contribution >= 0.6 is 11.6 Å². The Morgan fingerprint density at radius 3 is 2.94 bits per heavy atom. The van der Waals surface area contributed by atoms with E-state index in [1.165, 1.54) is 12.1 Å². The third-order valence-electron chi connectivity index (χ3n) is 2.84. The van der Waals surface area contributed by atoms with Gasteiger partial charge in [-0.15, -0.1) is 0 Å². The number of halogens is 2. The van der Waals surface area contributed by atoms with Gasteiger partial charge in [0, 0.05) is 18.3 Å². The van der Waals surface area contributed by atoms with Crippen molar-refractivity contribution in [3.05, 3.63) is 52.8 Å². The van der Waals surface area contributed by atoms with Crippen LogP contribution in [0.1, 0.15) is 17.3 Å². The summed E-state index contributed by atoms with van der Waals surface area (Å²) in [7, 11) is 1.86. The molecule has 0 aliphatic rings. The van der Waals surface area contributed by atoms with Gasteiger partial charge < -0.3 is 4.57 Å². The lowest BCUT2D eigenvalue weighted by Gasteiger charge is -2.17. The summed E-state index contributed by atoms with van der Waals surface area (Å²) in [5, 5.41) is 0.507. The highest BCUT2D eigenvalue weighted by atomic mass is 35.5. The molecule has 2 rings (SSSR count). The van der Waals surface area contributed by atoms with Gasteiger partial charge in [0.1, 0.15) is 5.82 Å². The zero-order valence-electron chi connectivity index (χ0n) is 9.90. The van der Waals surface area contributed by atoms with Crippen molar-refractivity contribution in [2.45, 2.75) is 12.5 Å². The monoisotopic (exact) mass is 268 g/mol. The Morgan fingerprint density at radius 1 is 1.56 bits per heavy atom. The Hall–Kier alpha value is -1.43. The van der Waals surface area contributed by atoms with Crippen LogP contribution in [0.5, 0.6) is 0 Å². The summed E-state index contributed by atoms with van der Waals surface area (Å²) in [6.07, 6.45) is 3.78. The van der Waals surface area contributed by atoms with Crippen LogP contribution in [0, 0.1) is 5.82 Å². The molecule has 1 aromatic heterocycles. The fourth-order valence-electron chi connectivity index (χ4n) is 1.87.